The van der Waals surface area contributed by atoms with E-state index in [-0.39, 0.29) is 5.91 Å². The molecule has 0 unspecified atom stereocenters. The summed E-state index contributed by atoms with van der Waals surface area (Å²) >= 11 is 1.50. The Kier molecular flexibility index (Phi) is 4.79. The first kappa shape index (κ1) is 16.5. The van der Waals surface area contributed by atoms with Crippen LogP contribution >= 0.6 is 11.3 Å². The van der Waals surface area contributed by atoms with Crippen molar-refractivity contribution in [2.45, 2.75) is 0 Å². The summed E-state index contributed by atoms with van der Waals surface area (Å²) in [6.07, 6.45) is 1.50. The molecule has 132 valence electrons. The Labute approximate surface area is 156 Å². The third-order valence-corrected chi connectivity index (χ3v) is 5.09. The second-order valence-electron chi connectivity index (χ2n) is 6.04. The fraction of sp³-hybridized carbons (Fsp3) is 0.211. The Bertz CT molecular complexity index is 861. The Morgan fingerprint density at radius 2 is 1.77 bits per heavy atom. The Morgan fingerprint density at radius 1 is 1.00 bits per heavy atom. The van der Waals surface area contributed by atoms with Crippen LogP contribution in [0.4, 0.5) is 17.3 Å². The molecule has 0 atom stereocenters. The molecule has 1 fully saturated rings. The maximum atomic E-state index is 12.2. The number of piperazine rings is 1. The van der Waals surface area contributed by atoms with Crippen molar-refractivity contribution in [1.29, 1.82) is 0 Å². The van der Waals surface area contributed by atoms with E-state index in [4.69, 9.17) is 0 Å². The predicted molar refractivity (Wildman–Crippen MR) is 105 cm³/mol. The summed E-state index contributed by atoms with van der Waals surface area (Å²) in [5, 5.41) is 6.54. The van der Waals surface area contributed by atoms with E-state index in [1.54, 1.807) is 6.07 Å². The van der Waals surface area contributed by atoms with E-state index < -0.39 is 0 Å². The zero-order valence-corrected chi connectivity index (χ0v) is 15.0. The molecule has 6 nitrogen and oxygen atoms in total. The summed E-state index contributed by atoms with van der Waals surface area (Å²) in [5.41, 5.74) is 1.89. The van der Waals surface area contributed by atoms with Crippen LogP contribution < -0.4 is 15.1 Å². The maximum Gasteiger partial charge on any atom is 0.257 e. The minimum Gasteiger partial charge on any atom is -0.368 e. The van der Waals surface area contributed by atoms with Crippen molar-refractivity contribution < 1.29 is 4.79 Å². The highest BCUT2D eigenvalue weighted by Gasteiger charge is 2.19. The highest BCUT2D eigenvalue weighted by Crippen LogP contribution is 2.20. The molecule has 1 aliphatic heterocycles. The molecular weight excluding hydrogens is 346 g/mol. The van der Waals surface area contributed by atoms with Gasteiger partial charge in [-0.15, -0.1) is 0 Å². The largest absolute Gasteiger partial charge is 0.368 e. The third-order valence-electron chi connectivity index (χ3n) is 4.40. The van der Waals surface area contributed by atoms with Gasteiger partial charge < -0.3 is 15.1 Å². The van der Waals surface area contributed by atoms with Gasteiger partial charge in [0.15, 0.2) is 0 Å². The number of carbonyl (C=O) groups is 1. The number of nitrogens with one attached hydrogen (secondary N) is 1. The molecule has 1 amide bonds. The molecule has 0 bridgehead atoms. The lowest BCUT2D eigenvalue weighted by Gasteiger charge is -2.36. The minimum atomic E-state index is -0.148. The van der Waals surface area contributed by atoms with Gasteiger partial charge in [0.05, 0.1) is 5.56 Å². The molecule has 0 radical (unpaired) electrons. The first-order chi connectivity index (χ1) is 12.8. The summed E-state index contributed by atoms with van der Waals surface area (Å²) in [7, 11) is 0. The second-order valence-corrected chi connectivity index (χ2v) is 6.82. The number of para-hydroxylation sites is 1. The summed E-state index contributed by atoms with van der Waals surface area (Å²) in [6, 6.07) is 14.1. The fourth-order valence-electron chi connectivity index (χ4n) is 3.00. The van der Waals surface area contributed by atoms with Crippen LogP contribution in [-0.4, -0.2) is 42.1 Å². The average Bonchev–Trinajstić information content (AvgIpc) is 3.24. The van der Waals surface area contributed by atoms with Crippen LogP contribution in [0.1, 0.15) is 10.4 Å². The van der Waals surface area contributed by atoms with Gasteiger partial charge in [-0.05, 0) is 23.6 Å². The van der Waals surface area contributed by atoms with Crippen molar-refractivity contribution in [3.63, 3.8) is 0 Å². The monoisotopic (exact) mass is 365 g/mol. The van der Waals surface area contributed by atoms with Crippen molar-refractivity contribution >= 4 is 34.6 Å². The number of benzene rings is 1. The Hall–Kier alpha value is -2.93. The van der Waals surface area contributed by atoms with Gasteiger partial charge in [-0.25, -0.2) is 9.97 Å². The number of amides is 1. The Morgan fingerprint density at radius 3 is 2.50 bits per heavy atom. The van der Waals surface area contributed by atoms with Gasteiger partial charge in [-0.3, -0.25) is 4.79 Å². The highest BCUT2D eigenvalue weighted by molar-refractivity contribution is 7.08. The molecule has 26 heavy (non-hydrogen) atoms. The molecule has 0 aliphatic carbocycles. The molecule has 0 saturated carbocycles. The third kappa shape index (κ3) is 3.67. The fourth-order valence-corrected chi connectivity index (χ4v) is 3.64. The van der Waals surface area contributed by atoms with Gasteiger partial charge in [0.2, 0.25) is 0 Å². The van der Waals surface area contributed by atoms with Crippen LogP contribution in [-0.2, 0) is 0 Å². The lowest BCUT2D eigenvalue weighted by molar-refractivity contribution is 0.102. The van der Waals surface area contributed by atoms with Crippen molar-refractivity contribution in [2.75, 3.05) is 41.3 Å². The number of thiophene rings is 1. The van der Waals surface area contributed by atoms with Gasteiger partial charge >= 0.3 is 0 Å². The molecule has 1 saturated heterocycles. The van der Waals surface area contributed by atoms with Gasteiger partial charge in [0.1, 0.15) is 18.0 Å². The highest BCUT2D eigenvalue weighted by atomic mass is 32.1. The van der Waals surface area contributed by atoms with Gasteiger partial charge in [-0.1, -0.05) is 18.2 Å². The average molecular weight is 365 g/mol. The number of hydrogen-bond donors (Lipinski definition) is 1. The quantitative estimate of drug-likeness (QED) is 0.770. The standard InChI is InChI=1S/C19H19N5OS/c25-19(15-6-11-26-13-15)22-17-12-18(21-14-20-17)24-9-7-23(8-10-24)16-4-2-1-3-5-16/h1-6,11-14H,7-10H2,(H,20,21,22,25). The second kappa shape index (κ2) is 7.53. The molecule has 1 N–H and O–H groups in total. The smallest absolute Gasteiger partial charge is 0.257 e. The van der Waals surface area contributed by atoms with Crippen LogP contribution in [0.2, 0.25) is 0 Å². The zero-order chi connectivity index (χ0) is 17.8. The molecule has 3 heterocycles. The first-order valence-electron chi connectivity index (χ1n) is 8.50. The van der Waals surface area contributed by atoms with Crippen LogP contribution in [0, 0.1) is 0 Å². The lowest BCUT2D eigenvalue weighted by atomic mass is 10.2. The summed E-state index contributed by atoms with van der Waals surface area (Å²) in [4.78, 5) is 25.3. The van der Waals surface area contributed by atoms with E-state index in [1.165, 1.54) is 23.4 Å². The number of carbonyl (C=O) groups excluding carboxylic acids is 1. The van der Waals surface area contributed by atoms with Crippen molar-refractivity contribution in [3.05, 3.63) is 65.1 Å². The molecule has 1 aliphatic rings. The molecule has 1 aromatic carbocycles. The van der Waals surface area contributed by atoms with Gasteiger partial charge in [-0.2, -0.15) is 11.3 Å². The number of hydrogen-bond acceptors (Lipinski definition) is 6. The number of rotatable bonds is 4. The molecule has 7 heteroatoms. The minimum absolute atomic E-state index is 0.148. The lowest BCUT2D eigenvalue weighted by Crippen LogP contribution is -2.46. The van der Waals surface area contributed by atoms with Gasteiger partial charge in [0, 0.05) is 43.3 Å². The topological polar surface area (TPSA) is 61.4 Å². The van der Waals surface area contributed by atoms with E-state index >= 15 is 0 Å². The molecule has 4 rings (SSSR count). The molecule has 3 aromatic rings. The SMILES string of the molecule is O=C(Nc1cc(N2CCN(c3ccccc3)CC2)ncn1)c1ccsc1. The van der Waals surface area contributed by atoms with E-state index in [0.29, 0.717) is 11.4 Å². The van der Waals surface area contributed by atoms with Crippen LogP contribution in [0.25, 0.3) is 0 Å². The van der Waals surface area contributed by atoms with Crippen LogP contribution in [0.3, 0.4) is 0 Å². The van der Waals surface area contributed by atoms with E-state index in [2.05, 4.69) is 49.4 Å². The normalized spacial score (nSPS) is 14.3. The van der Waals surface area contributed by atoms with Crippen molar-refractivity contribution in [3.8, 4) is 0 Å². The first-order valence-corrected chi connectivity index (χ1v) is 9.44. The molecular formula is C19H19N5OS. The van der Waals surface area contributed by atoms with Crippen molar-refractivity contribution in [1.82, 2.24) is 9.97 Å². The molecule has 2 aromatic heterocycles. The van der Waals surface area contributed by atoms with Crippen LogP contribution in [0.15, 0.2) is 59.6 Å². The Balaban J connectivity index is 1.40. The summed E-state index contributed by atoms with van der Waals surface area (Å²) in [5.74, 6) is 1.22. The maximum absolute atomic E-state index is 12.2. The molecule has 0 spiro atoms. The zero-order valence-electron chi connectivity index (χ0n) is 14.2. The van der Waals surface area contributed by atoms with Crippen molar-refractivity contribution in [2.24, 2.45) is 0 Å². The van der Waals surface area contributed by atoms with E-state index in [9.17, 15) is 4.79 Å². The predicted octanol–water partition coefficient (Wildman–Crippen LogP) is 3.12. The summed E-state index contributed by atoms with van der Waals surface area (Å²) in [6.45, 7) is 3.63. The van der Waals surface area contributed by atoms with E-state index in [0.717, 1.165) is 32.0 Å². The number of aromatic nitrogens is 2. The number of anilines is 3. The van der Waals surface area contributed by atoms with Crippen LogP contribution in [0.5, 0.6) is 0 Å². The summed E-state index contributed by atoms with van der Waals surface area (Å²) < 4.78 is 0. The number of nitrogens with zero attached hydrogens (tertiary/aromatic N) is 4. The van der Waals surface area contributed by atoms with E-state index in [1.807, 2.05) is 22.9 Å². The van der Waals surface area contributed by atoms with Gasteiger partial charge in [0.25, 0.3) is 5.91 Å².